The van der Waals surface area contributed by atoms with Crippen LogP contribution in [0.3, 0.4) is 0 Å². The summed E-state index contributed by atoms with van der Waals surface area (Å²) in [5.74, 6) is 1.01. The molecule has 8 heteroatoms. The van der Waals surface area contributed by atoms with Crippen molar-refractivity contribution in [1.82, 2.24) is 25.7 Å². The molecule has 0 saturated carbocycles. The minimum Gasteiger partial charge on any atom is -0.507 e. The van der Waals surface area contributed by atoms with Crippen LogP contribution in [0.15, 0.2) is 42.7 Å². The van der Waals surface area contributed by atoms with Crippen LogP contribution in [-0.4, -0.2) is 63.9 Å². The Labute approximate surface area is 168 Å². The molecule has 2 aliphatic heterocycles. The van der Waals surface area contributed by atoms with Gasteiger partial charge in [0.25, 0.3) is 0 Å². The number of hydrogen-bond donors (Lipinski definition) is 3. The summed E-state index contributed by atoms with van der Waals surface area (Å²) < 4.78 is 5.64. The van der Waals surface area contributed by atoms with Gasteiger partial charge in [0.2, 0.25) is 0 Å². The van der Waals surface area contributed by atoms with Crippen molar-refractivity contribution in [2.45, 2.75) is 31.0 Å². The summed E-state index contributed by atoms with van der Waals surface area (Å²) in [6.45, 7) is 1.55. The van der Waals surface area contributed by atoms with E-state index < -0.39 is 0 Å². The first kappa shape index (κ1) is 18.1. The number of nitrogens with zero attached hydrogens (tertiary/aromatic N) is 4. The zero-order valence-corrected chi connectivity index (χ0v) is 16.2. The van der Waals surface area contributed by atoms with E-state index in [9.17, 15) is 5.11 Å². The Morgan fingerprint density at radius 3 is 2.55 bits per heavy atom. The van der Waals surface area contributed by atoms with Gasteiger partial charge < -0.3 is 20.1 Å². The molecule has 0 radical (unpaired) electrons. The Morgan fingerprint density at radius 2 is 1.90 bits per heavy atom. The van der Waals surface area contributed by atoms with Crippen molar-refractivity contribution in [2.75, 3.05) is 25.2 Å². The number of nitrogens with one attached hydrogen (secondary N) is 2. The average molecular weight is 392 g/mol. The van der Waals surface area contributed by atoms with Crippen molar-refractivity contribution in [3.8, 4) is 28.1 Å². The van der Waals surface area contributed by atoms with Crippen molar-refractivity contribution in [1.29, 1.82) is 0 Å². The summed E-state index contributed by atoms with van der Waals surface area (Å²) in [5.41, 5.74) is 3.12. The zero-order valence-electron chi connectivity index (χ0n) is 16.2. The Balaban J connectivity index is 1.33. The highest BCUT2D eigenvalue weighted by atomic mass is 16.5. The molecule has 3 N–H and O–H groups in total. The molecule has 2 aromatic heterocycles. The number of benzene rings is 1. The molecule has 8 nitrogen and oxygen atoms in total. The number of ether oxygens (including phenoxy) is 1. The molecular weight excluding hydrogens is 368 g/mol. The van der Waals surface area contributed by atoms with E-state index in [4.69, 9.17) is 4.74 Å². The van der Waals surface area contributed by atoms with Gasteiger partial charge in [-0.2, -0.15) is 5.10 Å². The van der Waals surface area contributed by atoms with Crippen molar-refractivity contribution >= 4 is 5.82 Å². The number of fused-ring (bicyclic) bond motifs is 2. The molecule has 0 aliphatic carbocycles. The number of aromatic nitrogens is 4. The van der Waals surface area contributed by atoms with Crippen molar-refractivity contribution in [2.24, 2.45) is 0 Å². The van der Waals surface area contributed by atoms with E-state index in [0.29, 0.717) is 29.4 Å². The van der Waals surface area contributed by atoms with Crippen LogP contribution >= 0.6 is 0 Å². The number of piperidine rings is 1. The van der Waals surface area contributed by atoms with Crippen LogP contribution < -0.4 is 10.2 Å². The number of aromatic amines is 1. The number of aromatic hydroxyl groups is 1. The molecule has 2 atom stereocenters. The molecule has 0 spiro atoms. The lowest BCUT2D eigenvalue weighted by molar-refractivity contribution is 0.0183. The lowest BCUT2D eigenvalue weighted by Gasteiger charge is -2.43. The molecule has 3 aromatic rings. The molecule has 2 saturated heterocycles. The van der Waals surface area contributed by atoms with Crippen LogP contribution in [-0.2, 0) is 4.74 Å². The fourth-order valence-electron chi connectivity index (χ4n) is 4.30. The third-order valence-electron chi connectivity index (χ3n) is 5.89. The van der Waals surface area contributed by atoms with Gasteiger partial charge in [-0.05, 0) is 42.7 Å². The maximum absolute atomic E-state index is 10.5. The first-order valence-electron chi connectivity index (χ1n) is 9.90. The third kappa shape index (κ3) is 3.56. The van der Waals surface area contributed by atoms with Crippen LogP contribution in [0.4, 0.5) is 5.82 Å². The van der Waals surface area contributed by atoms with Gasteiger partial charge in [-0.1, -0.05) is 6.07 Å². The lowest BCUT2D eigenvalue weighted by atomic mass is 9.92. The van der Waals surface area contributed by atoms with Gasteiger partial charge in [-0.15, -0.1) is 10.2 Å². The number of phenols is 1. The Hall–Kier alpha value is -2.97. The highest BCUT2D eigenvalue weighted by molar-refractivity contribution is 5.73. The van der Waals surface area contributed by atoms with Crippen LogP contribution in [0.1, 0.15) is 12.8 Å². The lowest BCUT2D eigenvalue weighted by Crippen LogP contribution is -2.58. The van der Waals surface area contributed by atoms with Crippen LogP contribution in [0, 0.1) is 0 Å². The standard InChI is InChI=1S/C21H24N6O2/c1-27(17-7-15-11-29-12-16(8-17)24-15)21-5-4-19(25-26-21)18-3-2-13(6-20(18)28)14-9-22-23-10-14/h2-6,9-10,15-17,24,28H,7-8,11-12H2,1H3,(H,22,23)/t15-,16-/m0/s1. The van der Waals surface area contributed by atoms with Crippen LogP contribution in [0.25, 0.3) is 22.4 Å². The van der Waals surface area contributed by atoms with Crippen molar-refractivity contribution < 1.29 is 9.84 Å². The predicted molar refractivity (Wildman–Crippen MR) is 110 cm³/mol. The van der Waals surface area contributed by atoms with Gasteiger partial charge in [-0.3, -0.25) is 5.10 Å². The summed E-state index contributed by atoms with van der Waals surface area (Å²) in [7, 11) is 2.08. The molecule has 0 amide bonds. The van der Waals surface area contributed by atoms with Gasteiger partial charge in [0.05, 0.1) is 25.1 Å². The Kier molecular flexibility index (Phi) is 4.65. The van der Waals surface area contributed by atoms with E-state index in [1.165, 1.54) is 0 Å². The SMILES string of the molecule is CN(c1ccc(-c2ccc(-c3cn[nH]c3)cc2O)nn1)C1C[C@H]2COC[C@H](C1)N2. The van der Waals surface area contributed by atoms with E-state index in [-0.39, 0.29) is 5.75 Å². The first-order chi connectivity index (χ1) is 14.2. The minimum absolute atomic E-state index is 0.172. The van der Waals surface area contributed by atoms with Crippen LogP contribution in [0.5, 0.6) is 5.75 Å². The molecule has 0 unspecified atom stereocenters. The molecule has 2 aliphatic rings. The third-order valence-corrected chi connectivity index (χ3v) is 5.89. The fourth-order valence-corrected chi connectivity index (χ4v) is 4.30. The predicted octanol–water partition coefficient (Wildman–Crippen LogP) is 2.19. The number of morpholine rings is 1. The molecule has 2 fully saturated rings. The topological polar surface area (TPSA) is 99.2 Å². The summed E-state index contributed by atoms with van der Waals surface area (Å²) >= 11 is 0. The number of H-pyrrole nitrogens is 1. The molecule has 150 valence electrons. The summed E-state index contributed by atoms with van der Waals surface area (Å²) in [6, 6.07) is 10.6. The smallest absolute Gasteiger partial charge is 0.151 e. The summed E-state index contributed by atoms with van der Waals surface area (Å²) in [5, 5.41) is 29.7. The summed E-state index contributed by atoms with van der Waals surface area (Å²) in [6.07, 6.45) is 5.58. The normalized spacial score (nSPS) is 23.7. The molecule has 29 heavy (non-hydrogen) atoms. The maximum atomic E-state index is 10.5. The monoisotopic (exact) mass is 392 g/mol. The fraction of sp³-hybridized carbons (Fsp3) is 0.381. The maximum Gasteiger partial charge on any atom is 0.151 e. The molecule has 2 bridgehead atoms. The second-order valence-electron chi connectivity index (χ2n) is 7.83. The van der Waals surface area contributed by atoms with Gasteiger partial charge in [0, 0.05) is 42.5 Å². The first-order valence-corrected chi connectivity index (χ1v) is 9.90. The van der Waals surface area contributed by atoms with Gasteiger partial charge >= 0.3 is 0 Å². The van der Waals surface area contributed by atoms with E-state index in [1.807, 2.05) is 24.3 Å². The zero-order chi connectivity index (χ0) is 19.8. The largest absolute Gasteiger partial charge is 0.507 e. The van der Waals surface area contributed by atoms with E-state index in [2.05, 4.69) is 37.7 Å². The second kappa shape index (κ2) is 7.46. The molecule has 1 aromatic carbocycles. The Bertz CT molecular complexity index is 963. The molecular formula is C21H24N6O2. The average Bonchev–Trinajstić information content (AvgIpc) is 3.28. The highest BCUT2D eigenvalue weighted by Gasteiger charge is 2.34. The van der Waals surface area contributed by atoms with Gasteiger partial charge in [0.15, 0.2) is 5.82 Å². The number of phenolic OH excluding ortho intramolecular Hbond substituents is 1. The summed E-state index contributed by atoms with van der Waals surface area (Å²) in [4.78, 5) is 2.21. The van der Waals surface area contributed by atoms with Crippen molar-refractivity contribution in [3.05, 3.63) is 42.7 Å². The highest BCUT2D eigenvalue weighted by Crippen LogP contribution is 2.33. The van der Waals surface area contributed by atoms with Crippen molar-refractivity contribution in [3.63, 3.8) is 0 Å². The number of hydrogen-bond acceptors (Lipinski definition) is 7. The van der Waals surface area contributed by atoms with E-state index in [0.717, 1.165) is 43.0 Å². The quantitative estimate of drug-likeness (QED) is 0.626. The van der Waals surface area contributed by atoms with E-state index >= 15 is 0 Å². The van der Waals surface area contributed by atoms with Crippen LogP contribution in [0.2, 0.25) is 0 Å². The van der Waals surface area contributed by atoms with Gasteiger partial charge in [0.1, 0.15) is 5.75 Å². The van der Waals surface area contributed by atoms with E-state index in [1.54, 1.807) is 18.5 Å². The number of rotatable bonds is 4. The minimum atomic E-state index is 0.172. The molecule has 5 rings (SSSR count). The second-order valence-corrected chi connectivity index (χ2v) is 7.83. The number of anilines is 1. The van der Waals surface area contributed by atoms with Gasteiger partial charge in [-0.25, -0.2) is 0 Å². The molecule has 4 heterocycles. The Morgan fingerprint density at radius 1 is 1.07 bits per heavy atom.